The van der Waals surface area contributed by atoms with E-state index in [1.807, 2.05) is 49.4 Å². The lowest BCUT2D eigenvalue weighted by Crippen LogP contribution is -2.15. The third-order valence-electron chi connectivity index (χ3n) is 3.12. The van der Waals surface area contributed by atoms with Crippen LogP contribution < -0.4 is 5.11 Å². The molecule has 0 fully saturated rings. The topological polar surface area (TPSA) is 51.6 Å². The van der Waals surface area contributed by atoms with E-state index in [2.05, 4.69) is 5.10 Å². The highest BCUT2D eigenvalue weighted by atomic mass is 16.3. The van der Waals surface area contributed by atoms with Crippen molar-refractivity contribution in [3.63, 3.8) is 0 Å². The molecule has 4 nitrogen and oxygen atoms in total. The third kappa shape index (κ3) is 2.42. The van der Waals surface area contributed by atoms with Crippen molar-refractivity contribution >= 4 is 12.1 Å². The molecule has 1 aliphatic rings. The molecule has 96 valence electrons. The van der Waals surface area contributed by atoms with Crippen molar-refractivity contribution in [2.45, 2.75) is 19.4 Å². The highest BCUT2D eigenvalue weighted by Gasteiger charge is 2.29. The minimum absolute atomic E-state index is 0.0425. The maximum absolute atomic E-state index is 11.6. The van der Waals surface area contributed by atoms with Gasteiger partial charge in [0.1, 0.15) is 5.76 Å². The predicted octanol–water partition coefficient (Wildman–Crippen LogP) is 1.84. The van der Waals surface area contributed by atoms with Gasteiger partial charge in [-0.2, -0.15) is 0 Å². The summed E-state index contributed by atoms with van der Waals surface area (Å²) in [6.07, 6.45) is 2.18. The fourth-order valence-electron chi connectivity index (χ4n) is 2.22. The van der Waals surface area contributed by atoms with Gasteiger partial charge in [0.25, 0.3) is 0 Å². The number of hydrogen-bond acceptors (Lipinski definition) is 3. The van der Waals surface area contributed by atoms with Gasteiger partial charge in [0.05, 0.1) is 6.42 Å². The quantitative estimate of drug-likeness (QED) is 0.768. The average Bonchev–Trinajstić information content (AvgIpc) is 2.97. The van der Waals surface area contributed by atoms with Crippen molar-refractivity contribution in [3.05, 3.63) is 59.5 Å². The van der Waals surface area contributed by atoms with Gasteiger partial charge in [-0.3, -0.25) is 0 Å². The largest absolute Gasteiger partial charge is 0.857 e. The standard InChI is InChI=1S/C15H14N2O2/c1-11-7-8-13(19-11)10-17-14(9-15(18)16-17)12-5-3-2-4-6-12/h2-8,10,14H,9H2,1H3/b17-10-. The van der Waals surface area contributed by atoms with Gasteiger partial charge in [-0.05, 0) is 24.2 Å². The molecule has 0 radical (unpaired) electrons. The second-order valence-electron chi connectivity index (χ2n) is 4.58. The zero-order valence-electron chi connectivity index (χ0n) is 10.6. The van der Waals surface area contributed by atoms with Gasteiger partial charge < -0.3 is 9.52 Å². The molecule has 1 unspecified atom stereocenters. The Morgan fingerprint density at radius 3 is 2.74 bits per heavy atom. The predicted molar refractivity (Wildman–Crippen MR) is 70.1 cm³/mol. The Morgan fingerprint density at radius 1 is 1.26 bits per heavy atom. The van der Waals surface area contributed by atoms with Crippen LogP contribution in [0.15, 0.2) is 52.0 Å². The number of hydrogen-bond donors (Lipinski definition) is 0. The van der Waals surface area contributed by atoms with Crippen molar-refractivity contribution < 1.29 is 14.2 Å². The molecule has 2 aromatic rings. The van der Waals surface area contributed by atoms with Crippen molar-refractivity contribution in [1.29, 1.82) is 0 Å². The lowest BCUT2D eigenvalue weighted by molar-refractivity contribution is -0.564. The van der Waals surface area contributed by atoms with E-state index in [-0.39, 0.29) is 11.9 Å². The molecular weight excluding hydrogens is 240 g/mol. The third-order valence-corrected chi connectivity index (χ3v) is 3.12. The van der Waals surface area contributed by atoms with Gasteiger partial charge in [0, 0.05) is 11.5 Å². The van der Waals surface area contributed by atoms with Gasteiger partial charge in [-0.15, -0.1) is 0 Å². The smallest absolute Gasteiger partial charge is 0.239 e. The summed E-state index contributed by atoms with van der Waals surface area (Å²) in [4.78, 5) is 0. The lowest BCUT2D eigenvalue weighted by atomic mass is 10.1. The first-order chi connectivity index (χ1) is 9.22. The summed E-state index contributed by atoms with van der Waals surface area (Å²) < 4.78 is 7.19. The summed E-state index contributed by atoms with van der Waals surface area (Å²) in [5.74, 6) is 1.44. The van der Waals surface area contributed by atoms with Crippen molar-refractivity contribution in [2.24, 2.45) is 5.10 Å². The van der Waals surface area contributed by atoms with E-state index in [1.165, 1.54) is 0 Å². The Hall–Kier alpha value is -2.36. The van der Waals surface area contributed by atoms with E-state index in [1.54, 1.807) is 10.9 Å². The van der Waals surface area contributed by atoms with E-state index < -0.39 is 0 Å². The molecule has 0 N–H and O–H groups in total. The lowest BCUT2D eigenvalue weighted by Gasteiger charge is -2.05. The number of aryl methyl sites for hydroxylation is 1. The zero-order chi connectivity index (χ0) is 13.2. The molecule has 1 atom stereocenters. The van der Waals surface area contributed by atoms with Gasteiger partial charge >= 0.3 is 0 Å². The summed E-state index contributed by atoms with van der Waals surface area (Å²) in [6.45, 7) is 1.89. The number of nitrogens with zero attached hydrogens (tertiary/aromatic N) is 2. The number of rotatable bonds is 2. The van der Waals surface area contributed by atoms with E-state index in [0.29, 0.717) is 12.2 Å². The summed E-state index contributed by atoms with van der Waals surface area (Å²) in [5, 5.41) is 15.6. The number of hydrazone groups is 1. The Kier molecular flexibility index (Phi) is 2.91. The SMILES string of the molecule is Cc1ccc(/C=[N+]2\N=C([O-])CC2c2ccccc2)o1. The van der Waals surface area contributed by atoms with E-state index in [9.17, 15) is 5.11 Å². The Bertz CT molecular complexity index is 641. The fourth-order valence-corrected chi connectivity index (χ4v) is 2.22. The molecule has 3 rings (SSSR count). The zero-order valence-corrected chi connectivity index (χ0v) is 10.6. The molecule has 1 aromatic heterocycles. The minimum atomic E-state index is -0.103. The van der Waals surface area contributed by atoms with Crippen LogP contribution in [0.1, 0.15) is 29.5 Å². The summed E-state index contributed by atoms with van der Waals surface area (Å²) in [5.41, 5.74) is 1.08. The minimum Gasteiger partial charge on any atom is -0.857 e. The van der Waals surface area contributed by atoms with Crippen LogP contribution in [0.3, 0.4) is 0 Å². The highest BCUT2D eigenvalue weighted by Crippen LogP contribution is 2.25. The van der Waals surface area contributed by atoms with Gasteiger partial charge in [-0.25, -0.2) is 0 Å². The van der Waals surface area contributed by atoms with Gasteiger partial charge in [-0.1, -0.05) is 35.0 Å². The Balaban J connectivity index is 1.96. The maximum Gasteiger partial charge on any atom is 0.239 e. The second-order valence-corrected chi connectivity index (χ2v) is 4.58. The van der Waals surface area contributed by atoms with Gasteiger partial charge in [0.2, 0.25) is 12.3 Å². The average molecular weight is 254 g/mol. The first-order valence-corrected chi connectivity index (χ1v) is 6.21. The molecular formula is C15H14N2O2. The van der Waals surface area contributed by atoms with E-state index in [4.69, 9.17) is 4.42 Å². The molecule has 1 aromatic carbocycles. The number of benzene rings is 1. The van der Waals surface area contributed by atoms with Crippen LogP contribution in [0.2, 0.25) is 0 Å². The second kappa shape index (κ2) is 4.72. The van der Waals surface area contributed by atoms with E-state index >= 15 is 0 Å². The number of furan rings is 1. The van der Waals surface area contributed by atoms with Gasteiger partial charge in [0.15, 0.2) is 5.76 Å². The maximum atomic E-state index is 11.6. The molecule has 0 spiro atoms. The molecule has 0 amide bonds. The van der Waals surface area contributed by atoms with Crippen LogP contribution in [-0.4, -0.2) is 16.8 Å². The van der Waals surface area contributed by atoms with E-state index in [0.717, 1.165) is 11.3 Å². The van der Waals surface area contributed by atoms with Crippen molar-refractivity contribution in [2.75, 3.05) is 0 Å². The molecule has 0 saturated carbocycles. The summed E-state index contributed by atoms with van der Waals surface area (Å²) >= 11 is 0. The molecule has 0 aliphatic carbocycles. The molecule has 0 bridgehead atoms. The van der Waals surface area contributed by atoms with Crippen LogP contribution in [-0.2, 0) is 0 Å². The van der Waals surface area contributed by atoms with Crippen LogP contribution in [0, 0.1) is 6.92 Å². The van der Waals surface area contributed by atoms with Crippen LogP contribution in [0.4, 0.5) is 0 Å². The van der Waals surface area contributed by atoms with Crippen LogP contribution >= 0.6 is 0 Å². The Labute approximate surface area is 111 Å². The summed E-state index contributed by atoms with van der Waals surface area (Å²) in [7, 11) is 0. The van der Waals surface area contributed by atoms with Crippen molar-refractivity contribution in [1.82, 2.24) is 0 Å². The monoisotopic (exact) mass is 254 g/mol. The first-order valence-electron chi connectivity index (χ1n) is 6.21. The Morgan fingerprint density at radius 2 is 2.05 bits per heavy atom. The molecule has 19 heavy (non-hydrogen) atoms. The van der Waals surface area contributed by atoms with Crippen LogP contribution in [0.25, 0.3) is 0 Å². The van der Waals surface area contributed by atoms with Crippen LogP contribution in [0.5, 0.6) is 0 Å². The highest BCUT2D eigenvalue weighted by molar-refractivity contribution is 5.76. The normalized spacial score (nSPS) is 20.8. The summed E-state index contributed by atoms with van der Waals surface area (Å²) in [6, 6.07) is 13.6. The fraction of sp³-hybridized carbons (Fsp3) is 0.200. The molecule has 0 saturated heterocycles. The molecule has 2 heterocycles. The molecule has 1 aliphatic heterocycles. The first kappa shape index (κ1) is 11.7. The van der Waals surface area contributed by atoms with Crippen molar-refractivity contribution in [3.8, 4) is 0 Å². The molecule has 4 heteroatoms.